The molecule has 1 aromatic rings. The number of rotatable bonds is 3. The molecule has 106 valence electrons. The molecular weight excluding hydrogens is 300 g/mol. The molecule has 1 saturated carbocycles. The minimum Gasteiger partial charge on any atom is -0.371 e. The number of anilines is 1. The lowest BCUT2D eigenvalue weighted by atomic mass is 9.86. The summed E-state index contributed by atoms with van der Waals surface area (Å²) >= 11 is 3.70. The minimum atomic E-state index is 0.0891. The Morgan fingerprint density at radius 3 is 2.42 bits per heavy atom. The Hall–Kier alpha value is -0.540. The first-order valence-electron chi connectivity index (χ1n) is 7.27. The Bertz CT molecular complexity index is 423. The average Bonchev–Trinajstić information content (AvgIpc) is 2.38. The molecule has 1 fully saturated rings. The van der Waals surface area contributed by atoms with Crippen molar-refractivity contribution < 1.29 is 0 Å². The first-order chi connectivity index (χ1) is 8.99. The number of nitrogens with two attached hydrogens (primary N) is 1. The predicted octanol–water partition coefficient (Wildman–Crippen LogP) is 4.48. The van der Waals surface area contributed by atoms with E-state index in [4.69, 9.17) is 5.73 Å². The molecule has 0 bridgehead atoms. The third-order valence-electron chi connectivity index (χ3n) is 4.41. The van der Waals surface area contributed by atoms with Crippen LogP contribution in [0.25, 0.3) is 0 Å². The van der Waals surface area contributed by atoms with Gasteiger partial charge in [-0.1, -0.05) is 13.0 Å². The molecule has 0 spiro atoms. The van der Waals surface area contributed by atoms with Gasteiger partial charge in [0, 0.05) is 23.6 Å². The van der Waals surface area contributed by atoms with E-state index < -0.39 is 0 Å². The summed E-state index contributed by atoms with van der Waals surface area (Å²) in [6, 6.07) is 7.26. The van der Waals surface area contributed by atoms with E-state index in [0.29, 0.717) is 6.04 Å². The molecule has 1 aromatic carbocycles. The highest BCUT2D eigenvalue weighted by Crippen LogP contribution is 2.34. The van der Waals surface area contributed by atoms with Gasteiger partial charge in [0.05, 0.1) is 5.69 Å². The molecule has 0 saturated heterocycles. The van der Waals surface area contributed by atoms with Crippen molar-refractivity contribution in [2.45, 2.75) is 51.6 Å². The molecule has 0 aliphatic heterocycles. The Balaban J connectivity index is 2.12. The van der Waals surface area contributed by atoms with Crippen LogP contribution < -0.4 is 10.6 Å². The van der Waals surface area contributed by atoms with Crippen molar-refractivity contribution in [3.8, 4) is 0 Å². The van der Waals surface area contributed by atoms with Crippen LogP contribution >= 0.6 is 15.9 Å². The topological polar surface area (TPSA) is 29.3 Å². The maximum atomic E-state index is 5.93. The van der Waals surface area contributed by atoms with E-state index >= 15 is 0 Å². The van der Waals surface area contributed by atoms with Crippen LogP contribution in [0, 0.1) is 5.92 Å². The van der Waals surface area contributed by atoms with Gasteiger partial charge in [0.25, 0.3) is 0 Å². The third kappa shape index (κ3) is 3.51. The molecular formula is C16H25BrN2. The minimum absolute atomic E-state index is 0.0891. The average molecular weight is 325 g/mol. The lowest BCUT2D eigenvalue weighted by molar-refractivity contribution is 0.340. The fraction of sp³-hybridized carbons (Fsp3) is 0.625. The summed E-state index contributed by atoms with van der Waals surface area (Å²) in [4.78, 5) is 2.43. The summed E-state index contributed by atoms with van der Waals surface area (Å²) in [6.45, 7) is 4.39. The van der Waals surface area contributed by atoms with Crippen LogP contribution in [0.1, 0.15) is 51.1 Å². The lowest BCUT2D eigenvalue weighted by Gasteiger charge is -2.35. The zero-order valence-corrected chi connectivity index (χ0v) is 13.8. The van der Waals surface area contributed by atoms with Gasteiger partial charge in [0.2, 0.25) is 0 Å². The molecule has 0 heterocycles. The third-order valence-corrected chi connectivity index (χ3v) is 5.05. The zero-order chi connectivity index (χ0) is 14.0. The Labute approximate surface area is 125 Å². The maximum absolute atomic E-state index is 5.93. The van der Waals surface area contributed by atoms with Crippen molar-refractivity contribution in [2.24, 2.45) is 11.7 Å². The van der Waals surface area contributed by atoms with E-state index in [1.165, 1.54) is 36.9 Å². The standard InChI is InChI=1S/C16H25BrN2/c1-11-4-7-14(8-5-11)19(3)16-9-6-13(12(2)18)10-15(16)17/h6,9-12,14H,4-5,7-8,18H2,1-3H3/t11?,12-,14?/m0/s1. The first kappa shape index (κ1) is 14.9. The Morgan fingerprint density at radius 2 is 1.89 bits per heavy atom. The predicted molar refractivity (Wildman–Crippen MR) is 86.6 cm³/mol. The van der Waals surface area contributed by atoms with Gasteiger partial charge >= 0.3 is 0 Å². The molecule has 2 rings (SSSR count). The highest BCUT2D eigenvalue weighted by Gasteiger charge is 2.23. The summed E-state index contributed by atoms with van der Waals surface area (Å²) in [7, 11) is 2.21. The Morgan fingerprint density at radius 1 is 1.26 bits per heavy atom. The molecule has 0 aromatic heterocycles. The first-order valence-corrected chi connectivity index (χ1v) is 8.06. The molecule has 0 unspecified atom stereocenters. The van der Waals surface area contributed by atoms with E-state index in [1.807, 2.05) is 6.92 Å². The van der Waals surface area contributed by atoms with Crippen molar-refractivity contribution in [1.82, 2.24) is 0 Å². The van der Waals surface area contributed by atoms with E-state index in [0.717, 1.165) is 10.4 Å². The second-order valence-electron chi connectivity index (χ2n) is 6.02. The zero-order valence-electron chi connectivity index (χ0n) is 12.2. The number of halogens is 1. The van der Waals surface area contributed by atoms with E-state index in [2.05, 4.69) is 53.0 Å². The normalized spacial score (nSPS) is 25.1. The van der Waals surface area contributed by atoms with E-state index in [9.17, 15) is 0 Å². The lowest BCUT2D eigenvalue weighted by Crippen LogP contribution is -2.35. The second kappa shape index (κ2) is 6.27. The van der Waals surface area contributed by atoms with Crippen molar-refractivity contribution in [3.05, 3.63) is 28.2 Å². The van der Waals surface area contributed by atoms with Crippen LogP contribution in [-0.2, 0) is 0 Å². The van der Waals surface area contributed by atoms with Crippen molar-refractivity contribution in [1.29, 1.82) is 0 Å². The van der Waals surface area contributed by atoms with Crippen LogP contribution in [0.4, 0.5) is 5.69 Å². The van der Waals surface area contributed by atoms with Gasteiger partial charge in [-0.2, -0.15) is 0 Å². The van der Waals surface area contributed by atoms with Gasteiger partial charge in [-0.05, 0) is 72.2 Å². The molecule has 3 heteroatoms. The van der Waals surface area contributed by atoms with Crippen molar-refractivity contribution in [3.63, 3.8) is 0 Å². The molecule has 1 aliphatic rings. The fourth-order valence-electron chi connectivity index (χ4n) is 2.92. The fourth-order valence-corrected chi connectivity index (χ4v) is 3.60. The van der Waals surface area contributed by atoms with Crippen molar-refractivity contribution >= 4 is 21.6 Å². The molecule has 0 radical (unpaired) electrons. The van der Waals surface area contributed by atoms with Crippen LogP contribution in [0.15, 0.2) is 22.7 Å². The Kier molecular flexibility index (Phi) is 4.91. The molecule has 19 heavy (non-hydrogen) atoms. The summed E-state index contributed by atoms with van der Waals surface area (Å²) in [5.74, 6) is 0.897. The molecule has 2 N–H and O–H groups in total. The van der Waals surface area contributed by atoms with Crippen LogP contribution in [-0.4, -0.2) is 13.1 Å². The van der Waals surface area contributed by atoms with Crippen LogP contribution in [0.5, 0.6) is 0 Å². The van der Waals surface area contributed by atoms with Gasteiger partial charge in [-0.15, -0.1) is 0 Å². The summed E-state index contributed by atoms with van der Waals surface area (Å²) < 4.78 is 1.16. The smallest absolute Gasteiger partial charge is 0.0510 e. The molecule has 0 amide bonds. The van der Waals surface area contributed by atoms with E-state index in [-0.39, 0.29) is 6.04 Å². The van der Waals surface area contributed by atoms with Crippen molar-refractivity contribution in [2.75, 3.05) is 11.9 Å². The quantitative estimate of drug-likeness (QED) is 0.887. The number of hydrogen-bond acceptors (Lipinski definition) is 2. The SMILES string of the molecule is CC1CCC(N(C)c2ccc([C@H](C)N)cc2Br)CC1. The van der Waals surface area contributed by atoms with Crippen LogP contribution in [0.3, 0.4) is 0 Å². The van der Waals surface area contributed by atoms with Gasteiger partial charge in [-0.3, -0.25) is 0 Å². The number of nitrogens with zero attached hydrogens (tertiary/aromatic N) is 1. The monoisotopic (exact) mass is 324 g/mol. The summed E-state index contributed by atoms with van der Waals surface area (Å²) in [5, 5.41) is 0. The second-order valence-corrected chi connectivity index (χ2v) is 6.88. The van der Waals surface area contributed by atoms with E-state index in [1.54, 1.807) is 0 Å². The highest BCUT2D eigenvalue weighted by molar-refractivity contribution is 9.10. The largest absolute Gasteiger partial charge is 0.371 e. The van der Waals surface area contributed by atoms with Crippen LogP contribution in [0.2, 0.25) is 0 Å². The highest BCUT2D eigenvalue weighted by atomic mass is 79.9. The van der Waals surface area contributed by atoms with Gasteiger partial charge < -0.3 is 10.6 Å². The summed E-state index contributed by atoms with van der Waals surface area (Å²) in [5.41, 5.74) is 8.40. The maximum Gasteiger partial charge on any atom is 0.0510 e. The summed E-state index contributed by atoms with van der Waals surface area (Å²) in [6.07, 6.45) is 5.31. The molecule has 2 nitrogen and oxygen atoms in total. The number of hydrogen-bond donors (Lipinski definition) is 1. The molecule has 1 atom stereocenters. The van der Waals surface area contributed by atoms with Gasteiger partial charge in [0.15, 0.2) is 0 Å². The molecule has 1 aliphatic carbocycles. The number of benzene rings is 1. The van der Waals surface area contributed by atoms with Gasteiger partial charge in [0.1, 0.15) is 0 Å². The van der Waals surface area contributed by atoms with Gasteiger partial charge in [-0.25, -0.2) is 0 Å².